The Balaban J connectivity index is 2.89. The van der Waals surface area contributed by atoms with Gasteiger partial charge in [-0.05, 0) is 42.4 Å². The lowest BCUT2D eigenvalue weighted by Gasteiger charge is -2.00. The Kier molecular flexibility index (Phi) is 3.00. The first kappa shape index (κ1) is 9.42. The van der Waals surface area contributed by atoms with Crippen molar-refractivity contribution < 1.29 is 4.79 Å². The van der Waals surface area contributed by atoms with Crippen molar-refractivity contribution in [3.63, 3.8) is 0 Å². The third kappa shape index (κ3) is 2.43. The topological polar surface area (TPSA) is 43.1 Å². The minimum Gasteiger partial charge on any atom is -0.360 e. The number of hydrogen-bond donors (Lipinski definition) is 1. The van der Waals surface area contributed by atoms with Gasteiger partial charge in [0.2, 0.25) is 0 Å². The molecule has 0 bridgehead atoms. The van der Waals surface area contributed by atoms with E-state index in [1.807, 2.05) is 13.0 Å². The van der Waals surface area contributed by atoms with Gasteiger partial charge in [-0.2, -0.15) is 0 Å². The number of nitrogens with two attached hydrogens (primary N) is 1. The molecule has 1 amide bonds. The van der Waals surface area contributed by atoms with Gasteiger partial charge in [0.1, 0.15) is 0 Å². The van der Waals surface area contributed by atoms with E-state index in [-0.39, 0.29) is 0 Å². The number of thioether (sulfide) groups is 1. The zero-order chi connectivity index (χ0) is 9.14. The van der Waals surface area contributed by atoms with Crippen molar-refractivity contribution in [3.05, 3.63) is 28.8 Å². The van der Waals surface area contributed by atoms with Crippen LogP contribution in [0.25, 0.3) is 0 Å². The molecule has 0 radical (unpaired) electrons. The molecule has 0 spiro atoms. The average Bonchev–Trinajstić information content (AvgIpc) is 1.96. The van der Waals surface area contributed by atoms with Crippen LogP contribution in [0.2, 0.25) is 5.02 Å². The highest BCUT2D eigenvalue weighted by Gasteiger charge is 2.01. The number of benzene rings is 1. The van der Waals surface area contributed by atoms with Gasteiger partial charge in [0.15, 0.2) is 0 Å². The summed E-state index contributed by atoms with van der Waals surface area (Å²) >= 11 is 6.79. The maximum absolute atomic E-state index is 10.5. The van der Waals surface area contributed by atoms with Gasteiger partial charge < -0.3 is 5.73 Å². The summed E-state index contributed by atoms with van der Waals surface area (Å²) in [4.78, 5) is 11.3. The van der Waals surface area contributed by atoms with Crippen LogP contribution in [0.15, 0.2) is 23.1 Å². The minimum absolute atomic E-state index is 0.406. The van der Waals surface area contributed by atoms with E-state index < -0.39 is 5.24 Å². The van der Waals surface area contributed by atoms with Gasteiger partial charge in [0.25, 0.3) is 5.24 Å². The highest BCUT2D eigenvalue weighted by Crippen LogP contribution is 2.23. The van der Waals surface area contributed by atoms with E-state index in [4.69, 9.17) is 17.3 Å². The summed E-state index contributed by atoms with van der Waals surface area (Å²) in [6.07, 6.45) is 0. The Hall–Kier alpha value is -0.670. The van der Waals surface area contributed by atoms with Gasteiger partial charge >= 0.3 is 0 Å². The van der Waals surface area contributed by atoms with Gasteiger partial charge in [0, 0.05) is 9.92 Å². The maximum atomic E-state index is 10.5. The highest BCUT2D eigenvalue weighted by molar-refractivity contribution is 8.13. The number of carbonyl (C=O) groups excluding carboxylic acids is 1. The maximum Gasteiger partial charge on any atom is 0.281 e. The summed E-state index contributed by atoms with van der Waals surface area (Å²) in [7, 11) is 0. The zero-order valence-corrected chi connectivity index (χ0v) is 8.08. The Labute approximate surface area is 80.1 Å². The fraction of sp³-hybridized carbons (Fsp3) is 0.125. The quantitative estimate of drug-likeness (QED) is 0.710. The van der Waals surface area contributed by atoms with Gasteiger partial charge in [-0.3, -0.25) is 4.79 Å². The molecule has 1 rings (SSSR count). The lowest BCUT2D eigenvalue weighted by Crippen LogP contribution is -2.01. The SMILES string of the molecule is Cc1cc(SC(N)=O)ccc1Cl. The molecule has 0 aliphatic rings. The van der Waals surface area contributed by atoms with Crippen LogP contribution < -0.4 is 5.73 Å². The van der Waals surface area contributed by atoms with Crippen LogP contribution in [-0.2, 0) is 0 Å². The van der Waals surface area contributed by atoms with E-state index in [1.165, 1.54) is 0 Å². The number of amides is 1. The van der Waals surface area contributed by atoms with Crippen molar-refractivity contribution in [2.45, 2.75) is 11.8 Å². The first-order valence-electron chi connectivity index (χ1n) is 3.33. The number of halogens is 1. The largest absolute Gasteiger partial charge is 0.360 e. The normalized spacial score (nSPS) is 9.83. The summed E-state index contributed by atoms with van der Waals surface area (Å²) in [6.45, 7) is 1.88. The number of rotatable bonds is 1. The van der Waals surface area contributed by atoms with Gasteiger partial charge in [0.05, 0.1) is 0 Å². The van der Waals surface area contributed by atoms with Gasteiger partial charge in [-0.1, -0.05) is 11.6 Å². The van der Waals surface area contributed by atoms with Crippen molar-refractivity contribution in [2.24, 2.45) is 5.73 Å². The van der Waals surface area contributed by atoms with Crippen molar-refractivity contribution in [1.29, 1.82) is 0 Å². The summed E-state index contributed by atoms with van der Waals surface area (Å²) in [5.74, 6) is 0. The van der Waals surface area contributed by atoms with E-state index in [0.717, 1.165) is 22.2 Å². The van der Waals surface area contributed by atoms with Crippen LogP contribution in [-0.4, -0.2) is 5.24 Å². The Bertz CT molecular complexity index is 314. The second-order valence-electron chi connectivity index (χ2n) is 2.33. The third-order valence-electron chi connectivity index (χ3n) is 1.35. The van der Waals surface area contributed by atoms with E-state index >= 15 is 0 Å². The molecule has 0 fully saturated rings. The zero-order valence-electron chi connectivity index (χ0n) is 6.50. The van der Waals surface area contributed by atoms with E-state index in [1.54, 1.807) is 12.1 Å². The molecule has 0 heterocycles. The Morgan fingerprint density at radius 1 is 1.58 bits per heavy atom. The second kappa shape index (κ2) is 3.83. The highest BCUT2D eigenvalue weighted by atomic mass is 35.5. The fourth-order valence-electron chi connectivity index (χ4n) is 0.797. The molecular weight excluding hydrogens is 194 g/mol. The molecule has 0 saturated carbocycles. The molecule has 0 atom stereocenters. The van der Waals surface area contributed by atoms with Gasteiger partial charge in [-0.15, -0.1) is 0 Å². The number of hydrogen-bond acceptors (Lipinski definition) is 2. The van der Waals surface area contributed by atoms with Crippen LogP contribution in [0.3, 0.4) is 0 Å². The first-order chi connectivity index (χ1) is 5.59. The molecule has 0 aliphatic heterocycles. The fourth-order valence-corrected chi connectivity index (χ4v) is 1.52. The van der Waals surface area contributed by atoms with E-state index in [0.29, 0.717) is 5.02 Å². The molecule has 2 nitrogen and oxygen atoms in total. The number of aryl methyl sites for hydroxylation is 1. The lowest BCUT2D eigenvalue weighted by molar-refractivity contribution is 0.267. The Morgan fingerprint density at radius 2 is 2.25 bits per heavy atom. The standard InChI is InChI=1S/C8H8ClNOS/c1-5-4-6(12-8(10)11)2-3-7(5)9/h2-4H,1H3,(H2,10,11). The van der Waals surface area contributed by atoms with Crippen molar-refractivity contribution >= 4 is 28.6 Å². The van der Waals surface area contributed by atoms with Crippen molar-refractivity contribution in [3.8, 4) is 0 Å². The van der Waals surface area contributed by atoms with Gasteiger partial charge in [-0.25, -0.2) is 0 Å². The molecule has 0 aromatic heterocycles. The van der Waals surface area contributed by atoms with Crippen LogP contribution >= 0.6 is 23.4 Å². The summed E-state index contributed by atoms with van der Waals surface area (Å²) in [5.41, 5.74) is 5.95. The smallest absolute Gasteiger partial charge is 0.281 e. The molecule has 4 heteroatoms. The number of carbonyl (C=O) groups is 1. The van der Waals surface area contributed by atoms with E-state index in [9.17, 15) is 4.79 Å². The molecule has 1 aromatic carbocycles. The third-order valence-corrected chi connectivity index (χ3v) is 2.46. The lowest BCUT2D eigenvalue weighted by atomic mass is 10.2. The van der Waals surface area contributed by atoms with E-state index in [2.05, 4.69) is 0 Å². The molecule has 0 saturated heterocycles. The first-order valence-corrected chi connectivity index (χ1v) is 4.52. The van der Waals surface area contributed by atoms with Crippen molar-refractivity contribution in [1.82, 2.24) is 0 Å². The molecule has 2 N–H and O–H groups in total. The molecule has 1 aromatic rings. The molecule has 12 heavy (non-hydrogen) atoms. The predicted octanol–water partition coefficient (Wildman–Crippen LogP) is 2.82. The Morgan fingerprint density at radius 3 is 2.75 bits per heavy atom. The monoisotopic (exact) mass is 201 g/mol. The van der Waals surface area contributed by atoms with Crippen LogP contribution in [0.1, 0.15) is 5.56 Å². The summed E-state index contributed by atoms with van der Waals surface area (Å²) in [6, 6.07) is 5.35. The minimum atomic E-state index is -0.406. The summed E-state index contributed by atoms with van der Waals surface area (Å²) in [5, 5.41) is 0.292. The van der Waals surface area contributed by atoms with Crippen LogP contribution in [0.4, 0.5) is 4.79 Å². The van der Waals surface area contributed by atoms with Crippen LogP contribution in [0, 0.1) is 6.92 Å². The van der Waals surface area contributed by atoms with Crippen LogP contribution in [0.5, 0.6) is 0 Å². The predicted molar refractivity (Wildman–Crippen MR) is 51.6 cm³/mol. The molecule has 64 valence electrons. The summed E-state index contributed by atoms with van der Waals surface area (Å²) < 4.78 is 0. The van der Waals surface area contributed by atoms with Crippen molar-refractivity contribution in [2.75, 3.05) is 0 Å². The second-order valence-corrected chi connectivity index (χ2v) is 3.82. The molecule has 0 aliphatic carbocycles. The average molecular weight is 202 g/mol. The number of primary amides is 1. The molecule has 0 unspecified atom stereocenters. The molecular formula is C8H8ClNOS.